The second kappa shape index (κ2) is 10.4. The third-order valence-corrected chi connectivity index (χ3v) is 4.07. The van der Waals surface area contributed by atoms with Crippen LogP contribution in [-0.4, -0.2) is 46.8 Å². The van der Waals surface area contributed by atoms with Crippen LogP contribution in [0, 0.1) is 0 Å². The van der Waals surface area contributed by atoms with Crippen LogP contribution in [0.4, 0.5) is 0 Å². The summed E-state index contributed by atoms with van der Waals surface area (Å²) in [5.41, 5.74) is 0. The molecular weight excluding hydrogens is 219 g/mol. The van der Waals surface area contributed by atoms with Crippen molar-refractivity contribution in [3.05, 3.63) is 0 Å². The molecule has 0 heterocycles. The Morgan fingerprint density at radius 1 is 1.12 bits per heavy atom. The zero-order chi connectivity index (χ0) is 11.7. The van der Waals surface area contributed by atoms with E-state index in [0.717, 1.165) is 12.8 Å². The minimum atomic E-state index is -2.71. The number of carbonyl (C=O) groups is 1. The van der Waals surface area contributed by atoms with Crippen molar-refractivity contribution in [2.75, 3.05) is 13.2 Å². The maximum atomic E-state index is 11.4. The molecule has 0 fully saturated rings. The standard InChI is InChI=1S/C10H22O4Si.Li/c1-5-8-9-10(11)14-15(4,12-6-2)13-7-3;/h5-9H2,1-4H3;. The molecule has 0 amide bonds. The van der Waals surface area contributed by atoms with Crippen molar-refractivity contribution in [2.45, 2.75) is 46.6 Å². The van der Waals surface area contributed by atoms with E-state index >= 15 is 0 Å². The van der Waals surface area contributed by atoms with Crippen LogP contribution in [0.3, 0.4) is 0 Å². The quantitative estimate of drug-likeness (QED) is 0.609. The van der Waals surface area contributed by atoms with Crippen LogP contribution in [0.2, 0.25) is 6.55 Å². The van der Waals surface area contributed by atoms with E-state index in [2.05, 4.69) is 0 Å². The first-order valence-electron chi connectivity index (χ1n) is 5.57. The van der Waals surface area contributed by atoms with Gasteiger partial charge in [0.2, 0.25) is 0 Å². The van der Waals surface area contributed by atoms with Crippen molar-refractivity contribution in [1.82, 2.24) is 0 Å². The first-order chi connectivity index (χ1) is 7.08. The smallest absolute Gasteiger partial charge is 0.473 e. The predicted molar refractivity (Wildman–Crippen MR) is 66.2 cm³/mol. The van der Waals surface area contributed by atoms with Gasteiger partial charge in [-0.1, -0.05) is 13.3 Å². The van der Waals surface area contributed by atoms with E-state index in [0.29, 0.717) is 19.6 Å². The van der Waals surface area contributed by atoms with E-state index in [4.69, 9.17) is 13.3 Å². The van der Waals surface area contributed by atoms with Gasteiger partial charge in [0.1, 0.15) is 0 Å². The van der Waals surface area contributed by atoms with Gasteiger partial charge in [-0.3, -0.25) is 4.79 Å². The van der Waals surface area contributed by atoms with E-state index in [1.807, 2.05) is 20.8 Å². The summed E-state index contributed by atoms with van der Waals surface area (Å²) in [7, 11) is -2.71. The molecule has 0 rings (SSSR count). The van der Waals surface area contributed by atoms with Crippen LogP contribution >= 0.6 is 0 Å². The van der Waals surface area contributed by atoms with Gasteiger partial charge in [0.15, 0.2) is 0 Å². The fraction of sp³-hybridized carbons (Fsp3) is 0.900. The monoisotopic (exact) mass is 241 g/mol. The molecule has 0 aromatic rings. The van der Waals surface area contributed by atoms with Gasteiger partial charge in [-0.25, -0.2) is 0 Å². The molecule has 0 N–H and O–H groups in total. The summed E-state index contributed by atoms with van der Waals surface area (Å²) in [6.07, 6.45) is 2.28. The maximum Gasteiger partial charge on any atom is 0.564 e. The number of hydrogen-bond donors (Lipinski definition) is 0. The summed E-state index contributed by atoms with van der Waals surface area (Å²) in [5.74, 6) is -0.215. The van der Waals surface area contributed by atoms with Crippen molar-refractivity contribution in [1.29, 1.82) is 0 Å². The average Bonchev–Trinajstić information content (AvgIpc) is 2.15. The van der Waals surface area contributed by atoms with Crippen molar-refractivity contribution in [3.8, 4) is 0 Å². The van der Waals surface area contributed by atoms with Gasteiger partial charge in [0.25, 0.3) is 5.97 Å². The summed E-state index contributed by atoms with van der Waals surface area (Å²) >= 11 is 0. The van der Waals surface area contributed by atoms with Crippen molar-refractivity contribution in [2.24, 2.45) is 0 Å². The summed E-state index contributed by atoms with van der Waals surface area (Å²) in [6.45, 7) is 8.53. The van der Waals surface area contributed by atoms with Crippen molar-refractivity contribution in [3.63, 3.8) is 0 Å². The molecule has 6 heteroatoms. The Labute approximate surface area is 112 Å². The molecule has 0 saturated heterocycles. The van der Waals surface area contributed by atoms with Gasteiger partial charge in [0.05, 0.1) is 0 Å². The Kier molecular flexibility index (Phi) is 12.0. The molecule has 0 spiro atoms. The van der Waals surface area contributed by atoms with Gasteiger partial charge >= 0.3 is 8.80 Å². The fourth-order valence-electron chi connectivity index (χ4n) is 1.20. The molecule has 16 heavy (non-hydrogen) atoms. The fourth-order valence-corrected chi connectivity index (χ4v) is 2.97. The maximum absolute atomic E-state index is 11.4. The molecule has 0 aromatic heterocycles. The third kappa shape index (κ3) is 8.37. The molecule has 0 aromatic carbocycles. The van der Waals surface area contributed by atoms with E-state index in [1.54, 1.807) is 6.55 Å². The summed E-state index contributed by atoms with van der Waals surface area (Å²) in [6, 6.07) is 0. The minimum absolute atomic E-state index is 0. The minimum Gasteiger partial charge on any atom is -0.473 e. The number of carbonyl (C=O) groups excluding carboxylic acids is 1. The molecule has 0 unspecified atom stereocenters. The molecule has 0 bridgehead atoms. The first-order valence-corrected chi connectivity index (χ1v) is 7.80. The zero-order valence-electron chi connectivity index (χ0n) is 11.2. The van der Waals surface area contributed by atoms with Crippen LogP contribution in [0.15, 0.2) is 0 Å². The topological polar surface area (TPSA) is 44.8 Å². The Morgan fingerprint density at radius 3 is 2.00 bits per heavy atom. The van der Waals surface area contributed by atoms with Gasteiger partial charge in [-0.05, 0) is 20.3 Å². The number of rotatable bonds is 8. The Balaban J connectivity index is 0. The molecule has 4 nitrogen and oxygen atoms in total. The molecule has 0 saturated carbocycles. The van der Waals surface area contributed by atoms with Crippen LogP contribution in [0.1, 0.15) is 40.0 Å². The molecule has 0 aliphatic rings. The third-order valence-electron chi connectivity index (χ3n) is 1.85. The van der Waals surface area contributed by atoms with Gasteiger partial charge in [0, 0.05) is 45.0 Å². The molecule has 1 radical (unpaired) electrons. The Morgan fingerprint density at radius 2 is 1.62 bits per heavy atom. The van der Waals surface area contributed by atoms with Crippen molar-refractivity contribution >= 4 is 33.6 Å². The second-order valence-electron chi connectivity index (χ2n) is 3.31. The zero-order valence-corrected chi connectivity index (χ0v) is 12.2. The average molecular weight is 241 g/mol. The SMILES string of the molecule is CCCCC(=O)O[Si](C)(OCC)OCC.[Li]. The van der Waals surface area contributed by atoms with Gasteiger partial charge < -0.3 is 13.3 Å². The summed E-state index contributed by atoms with van der Waals surface area (Å²) < 4.78 is 16.1. The second-order valence-corrected chi connectivity index (χ2v) is 5.81. The molecule has 91 valence electrons. The molecule has 0 aliphatic heterocycles. The number of hydrogen-bond acceptors (Lipinski definition) is 4. The molecule has 0 atom stereocenters. The van der Waals surface area contributed by atoms with E-state index in [9.17, 15) is 4.79 Å². The molecule has 0 aliphatic carbocycles. The number of unbranched alkanes of at least 4 members (excludes halogenated alkanes) is 1. The van der Waals surface area contributed by atoms with Crippen molar-refractivity contribution < 1.29 is 18.1 Å². The van der Waals surface area contributed by atoms with Gasteiger partial charge in [-0.15, -0.1) is 0 Å². The van der Waals surface area contributed by atoms with Crippen LogP contribution in [0.25, 0.3) is 0 Å². The first kappa shape index (κ1) is 18.6. The van der Waals surface area contributed by atoms with Gasteiger partial charge in [-0.2, -0.15) is 0 Å². The van der Waals surface area contributed by atoms with E-state index in [-0.39, 0.29) is 24.8 Å². The van der Waals surface area contributed by atoms with Crippen LogP contribution in [0.5, 0.6) is 0 Å². The largest absolute Gasteiger partial charge is 0.564 e. The van der Waals surface area contributed by atoms with E-state index < -0.39 is 8.80 Å². The summed E-state index contributed by atoms with van der Waals surface area (Å²) in [4.78, 5) is 11.4. The predicted octanol–water partition coefficient (Wildman–Crippen LogP) is 1.98. The normalized spacial score (nSPS) is 10.8. The summed E-state index contributed by atoms with van der Waals surface area (Å²) in [5, 5.41) is 0. The Hall–Kier alpha value is 0.204. The van der Waals surface area contributed by atoms with E-state index in [1.165, 1.54) is 0 Å². The van der Waals surface area contributed by atoms with Crippen LogP contribution in [-0.2, 0) is 18.1 Å². The Bertz CT molecular complexity index is 184. The molecular formula is C10H22LiO4Si. The van der Waals surface area contributed by atoms with Crippen LogP contribution < -0.4 is 0 Å².